The summed E-state index contributed by atoms with van der Waals surface area (Å²) in [7, 11) is 0. The van der Waals surface area contributed by atoms with Crippen LogP contribution >= 0.6 is 43.5 Å². The smallest absolute Gasteiger partial charge is 0.415 e. The lowest BCUT2D eigenvalue weighted by Gasteiger charge is -2.37. The van der Waals surface area contributed by atoms with Crippen molar-refractivity contribution in [2.45, 2.75) is 31.6 Å². The normalized spacial score (nSPS) is 18.3. The van der Waals surface area contributed by atoms with Gasteiger partial charge in [-0.25, -0.2) is 4.79 Å². The third-order valence-corrected chi connectivity index (χ3v) is 7.87. The fraction of sp³-hybridized carbons (Fsp3) is 0.364. The van der Waals surface area contributed by atoms with Gasteiger partial charge >= 0.3 is 6.09 Å². The van der Waals surface area contributed by atoms with Crippen LogP contribution in [0.5, 0.6) is 0 Å². The maximum absolute atomic E-state index is 12.6. The van der Waals surface area contributed by atoms with Gasteiger partial charge in [0.2, 0.25) is 0 Å². The molecule has 31 heavy (non-hydrogen) atoms. The van der Waals surface area contributed by atoms with Crippen LogP contribution in [-0.4, -0.2) is 42.7 Å². The molecule has 0 N–H and O–H groups in total. The van der Waals surface area contributed by atoms with Crippen molar-refractivity contribution in [2.75, 3.05) is 24.5 Å². The number of carbonyl (C=O) groups excluding carboxylic acids is 2. The number of halogens is 3. The van der Waals surface area contributed by atoms with Gasteiger partial charge in [-0.1, -0.05) is 23.7 Å². The highest BCUT2D eigenvalue weighted by molar-refractivity contribution is 9.11. The van der Waals surface area contributed by atoms with E-state index < -0.39 is 5.60 Å². The van der Waals surface area contributed by atoms with Gasteiger partial charge in [0.15, 0.2) is 0 Å². The maximum atomic E-state index is 12.6. The van der Waals surface area contributed by atoms with E-state index >= 15 is 0 Å². The third kappa shape index (κ3) is 5.08. The van der Waals surface area contributed by atoms with Gasteiger partial charge in [0.05, 0.1) is 11.6 Å². The van der Waals surface area contributed by atoms with Crippen LogP contribution in [0.15, 0.2) is 45.3 Å². The molecule has 164 valence electrons. The zero-order valence-electron chi connectivity index (χ0n) is 16.7. The summed E-state index contributed by atoms with van der Waals surface area (Å²) in [5.41, 5.74) is 2.37. The Balaban J connectivity index is 1.36. The highest BCUT2D eigenvalue weighted by Gasteiger charge is 2.47. The minimum absolute atomic E-state index is 0.217. The van der Waals surface area contributed by atoms with Crippen molar-refractivity contribution < 1.29 is 19.1 Å². The number of benzene rings is 2. The second kappa shape index (κ2) is 9.48. The van der Waals surface area contributed by atoms with E-state index in [1.165, 1.54) is 5.56 Å². The first-order chi connectivity index (χ1) is 14.9. The van der Waals surface area contributed by atoms with E-state index in [2.05, 4.69) is 36.8 Å². The van der Waals surface area contributed by atoms with Gasteiger partial charge in [-0.3, -0.25) is 14.6 Å². The van der Waals surface area contributed by atoms with Crippen molar-refractivity contribution in [3.8, 4) is 0 Å². The molecule has 2 aromatic carbocycles. The SMILES string of the molecule is O=COCc1ccc(N2CC3(CCN(Cc4cc(Br)c(Cl)c(Br)c4)CC3)OC2=O)cc1. The van der Waals surface area contributed by atoms with Crippen LogP contribution in [0.2, 0.25) is 5.02 Å². The summed E-state index contributed by atoms with van der Waals surface area (Å²) in [6.07, 6.45) is 1.27. The van der Waals surface area contributed by atoms with E-state index in [1.807, 2.05) is 36.4 Å². The maximum Gasteiger partial charge on any atom is 0.415 e. The van der Waals surface area contributed by atoms with Gasteiger partial charge in [-0.2, -0.15) is 0 Å². The highest BCUT2D eigenvalue weighted by atomic mass is 79.9. The highest BCUT2D eigenvalue weighted by Crippen LogP contribution is 2.37. The zero-order chi connectivity index (χ0) is 22.0. The van der Waals surface area contributed by atoms with Crippen molar-refractivity contribution in [1.29, 1.82) is 0 Å². The van der Waals surface area contributed by atoms with Crippen LogP contribution in [0.3, 0.4) is 0 Å². The number of amides is 1. The summed E-state index contributed by atoms with van der Waals surface area (Å²) >= 11 is 13.2. The first-order valence-corrected chi connectivity index (χ1v) is 11.9. The van der Waals surface area contributed by atoms with Crippen molar-refractivity contribution >= 4 is 61.7 Å². The number of hydrogen-bond acceptors (Lipinski definition) is 5. The Morgan fingerprint density at radius 3 is 2.35 bits per heavy atom. The average Bonchev–Trinajstić information content (AvgIpc) is 3.08. The zero-order valence-corrected chi connectivity index (χ0v) is 20.6. The summed E-state index contributed by atoms with van der Waals surface area (Å²) in [5, 5.41) is 0.670. The van der Waals surface area contributed by atoms with E-state index in [-0.39, 0.29) is 12.7 Å². The number of carbonyl (C=O) groups is 2. The molecule has 4 rings (SSSR count). The molecule has 2 fully saturated rings. The molecule has 2 heterocycles. The Kier molecular flexibility index (Phi) is 6.91. The Morgan fingerprint density at radius 1 is 1.10 bits per heavy atom. The molecular weight excluding hydrogens is 552 g/mol. The number of hydrogen-bond donors (Lipinski definition) is 0. The molecule has 9 heteroatoms. The number of ether oxygens (including phenoxy) is 2. The van der Waals surface area contributed by atoms with Crippen LogP contribution in [0.25, 0.3) is 0 Å². The van der Waals surface area contributed by atoms with Crippen molar-refractivity contribution in [3.63, 3.8) is 0 Å². The standard InChI is InChI=1S/C22H21Br2ClN2O4/c23-18-9-16(10-19(24)20(18)25)11-26-7-5-22(6-8-26)13-27(21(29)31-22)17-3-1-15(2-4-17)12-30-14-28/h1-4,9-10,14H,5-8,11-13H2. The monoisotopic (exact) mass is 570 g/mol. The van der Waals surface area contributed by atoms with Crippen molar-refractivity contribution in [1.82, 2.24) is 4.90 Å². The molecule has 2 aliphatic rings. The van der Waals surface area contributed by atoms with Crippen LogP contribution in [-0.2, 0) is 27.4 Å². The van der Waals surface area contributed by atoms with Crippen LogP contribution in [0.1, 0.15) is 24.0 Å². The molecular formula is C22H21Br2ClN2O4. The lowest BCUT2D eigenvalue weighted by atomic mass is 9.91. The van der Waals surface area contributed by atoms with Gasteiger partial charge in [0.25, 0.3) is 6.47 Å². The lowest BCUT2D eigenvalue weighted by Crippen LogP contribution is -2.46. The molecule has 0 bridgehead atoms. The predicted octanol–water partition coefficient (Wildman–Crippen LogP) is 5.53. The quantitative estimate of drug-likeness (QED) is 0.337. The van der Waals surface area contributed by atoms with E-state index in [4.69, 9.17) is 21.1 Å². The fourth-order valence-electron chi connectivity index (χ4n) is 4.06. The third-order valence-electron chi connectivity index (χ3n) is 5.75. The van der Waals surface area contributed by atoms with Crippen LogP contribution in [0.4, 0.5) is 10.5 Å². The number of anilines is 1. The van der Waals surface area contributed by atoms with Crippen LogP contribution in [0, 0.1) is 0 Å². The average molecular weight is 573 g/mol. The Hall–Kier alpha value is -1.61. The molecule has 0 atom stereocenters. The van der Waals surface area contributed by atoms with E-state index in [9.17, 15) is 9.59 Å². The second-order valence-electron chi connectivity index (χ2n) is 7.86. The topological polar surface area (TPSA) is 59.1 Å². The first kappa shape index (κ1) is 22.6. The Bertz CT molecular complexity index is 955. The minimum Gasteiger partial charge on any atom is -0.463 e. The molecule has 6 nitrogen and oxygen atoms in total. The molecule has 2 saturated heterocycles. The Labute approximate surface area is 202 Å². The number of nitrogens with zero attached hydrogens (tertiary/aromatic N) is 2. The van der Waals surface area contributed by atoms with Gasteiger partial charge in [0.1, 0.15) is 12.2 Å². The molecule has 1 amide bonds. The van der Waals surface area contributed by atoms with Crippen molar-refractivity contribution in [3.05, 3.63) is 61.5 Å². The predicted molar refractivity (Wildman–Crippen MR) is 125 cm³/mol. The summed E-state index contributed by atoms with van der Waals surface area (Å²) in [4.78, 5) is 27.0. The molecule has 0 unspecified atom stereocenters. The second-order valence-corrected chi connectivity index (χ2v) is 9.95. The van der Waals surface area contributed by atoms with Gasteiger partial charge < -0.3 is 9.47 Å². The minimum atomic E-state index is -0.450. The number of rotatable bonds is 6. The summed E-state index contributed by atoms with van der Waals surface area (Å²) in [5.74, 6) is 0. The number of likely N-dealkylation sites (tertiary alicyclic amines) is 1. The van der Waals surface area contributed by atoms with Crippen molar-refractivity contribution in [2.24, 2.45) is 0 Å². The van der Waals surface area contributed by atoms with E-state index in [0.717, 1.165) is 52.7 Å². The summed E-state index contributed by atoms with van der Waals surface area (Å²) in [6, 6.07) is 11.5. The van der Waals surface area contributed by atoms with Crippen LogP contribution < -0.4 is 4.90 Å². The molecule has 0 aliphatic carbocycles. The van der Waals surface area contributed by atoms with Gasteiger partial charge in [0, 0.05) is 47.1 Å². The first-order valence-electron chi connectivity index (χ1n) is 9.90. The fourth-order valence-corrected chi connectivity index (χ4v) is 5.45. The largest absolute Gasteiger partial charge is 0.463 e. The summed E-state index contributed by atoms with van der Waals surface area (Å²) < 4.78 is 12.4. The lowest BCUT2D eigenvalue weighted by molar-refractivity contribution is -0.129. The van der Waals surface area contributed by atoms with Gasteiger partial charge in [-0.15, -0.1) is 0 Å². The van der Waals surface area contributed by atoms with E-state index in [0.29, 0.717) is 18.0 Å². The number of piperidine rings is 1. The molecule has 1 spiro atoms. The summed E-state index contributed by atoms with van der Waals surface area (Å²) in [6.45, 7) is 3.69. The molecule has 0 aromatic heterocycles. The molecule has 0 radical (unpaired) electrons. The van der Waals surface area contributed by atoms with Gasteiger partial charge in [-0.05, 0) is 67.3 Å². The Morgan fingerprint density at radius 2 is 1.74 bits per heavy atom. The van der Waals surface area contributed by atoms with E-state index in [1.54, 1.807) is 4.90 Å². The molecule has 2 aromatic rings. The molecule has 0 saturated carbocycles. The molecule has 2 aliphatic heterocycles.